The van der Waals surface area contributed by atoms with E-state index in [0.717, 1.165) is 0 Å². The van der Waals surface area contributed by atoms with Gasteiger partial charge in [0.05, 0.1) is 13.2 Å². The fourth-order valence-corrected chi connectivity index (χ4v) is 1.53. The number of aliphatic hydroxyl groups is 1. The number of carboxylic acid groups (broad SMARTS) is 1. The summed E-state index contributed by atoms with van der Waals surface area (Å²) in [5.41, 5.74) is 6.09. The number of carboxylic acids is 1. The first-order chi connectivity index (χ1) is 7.97. The Balaban J connectivity index is 2.80. The normalized spacial score (nSPS) is 16.0. The van der Waals surface area contributed by atoms with E-state index < -0.39 is 24.0 Å². The molecular formula is C12H17NO4. The van der Waals surface area contributed by atoms with Crippen molar-refractivity contribution in [3.05, 3.63) is 29.8 Å². The zero-order valence-corrected chi connectivity index (χ0v) is 9.83. The second-order valence-corrected chi connectivity index (χ2v) is 3.94. The van der Waals surface area contributed by atoms with Gasteiger partial charge in [0.1, 0.15) is 11.8 Å². The molecule has 5 nitrogen and oxygen atoms in total. The molecule has 0 bridgehead atoms. The zero-order chi connectivity index (χ0) is 13.0. The molecule has 1 rings (SSSR count). The van der Waals surface area contributed by atoms with E-state index >= 15 is 0 Å². The molecule has 94 valence electrons. The molecule has 17 heavy (non-hydrogen) atoms. The Hall–Kier alpha value is -1.59. The topological polar surface area (TPSA) is 92.8 Å². The molecule has 0 radical (unpaired) electrons. The Morgan fingerprint density at radius 2 is 1.88 bits per heavy atom. The van der Waals surface area contributed by atoms with Crippen molar-refractivity contribution in [2.45, 2.75) is 19.1 Å². The summed E-state index contributed by atoms with van der Waals surface area (Å²) in [5.74, 6) is -1.01. The van der Waals surface area contributed by atoms with Crippen LogP contribution in [0.4, 0.5) is 0 Å². The van der Waals surface area contributed by atoms with Crippen molar-refractivity contribution < 1.29 is 19.7 Å². The minimum atomic E-state index is -1.12. The number of nitrogens with two attached hydrogens (primary N) is 1. The highest BCUT2D eigenvalue weighted by Gasteiger charge is 2.27. The van der Waals surface area contributed by atoms with Crippen molar-refractivity contribution in [3.63, 3.8) is 0 Å². The van der Waals surface area contributed by atoms with E-state index in [0.29, 0.717) is 11.3 Å². The largest absolute Gasteiger partial charge is 0.497 e. The third kappa shape index (κ3) is 3.18. The van der Waals surface area contributed by atoms with Crippen molar-refractivity contribution in [2.75, 3.05) is 7.11 Å². The highest BCUT2D eigenvalue weighted by atomic mass is 16.5. The van der Waals surface area contributed by atoms with Gasteiger partial charge in [-0.25, -0.2) is 0 Å². The molecule has 4 N–H and O–H groups in total. The fourth-order valence-electron chi connectivity index (χ4n) is 1.53. The Bertz CT molecular complexity index is 377. The number of methoxy groups -OCH3 is 1. The van der Waals surface area contributed by atoms with Crippen LogP contribution in [-0.2, 0) is 4.79 Å². The molecule has 5 heteroatoms. The lowest BCUT2D eigenvalue weighted by Gasteiger charge is -2.22. The molecular weight excluding hydrogens is 222 g/mol. The van der Waals surface area contributed by atoms with Crippen molar-refractivity contribution in [3.8, 4) is 5.75 Å². The summed E-state index contributed by atoms with van der Waals surface area (Å²) in [6.07, 6.45) is -0.910. The second-order valence-electron chi connectivity index (χ2n) is 3.94. The number of aliphatic hydroxyl groups excluding tert-OH is 1. The van der Waals surface area contributed by atoms with Gasteiger partial charge < -0.3 is 20.7 Å². The van der Waals surface area contributed by atoms with Gasteiger partial charge in [0, 0.05) is 5.92 Å². The molecule has 3 unspecified atom stereocenters. The maximum Gasteiger partial charge on any atom is 0.320 e. The predicted molar refractivity (Wildman–Crippen MR) is 62.7 cm³/mol. The molecule has 0 saturated heterocycles. The highest BCUT2D eigenvalue weighted by Crippen LogP contribution is 2.25. The molecule has 0 aliphatic carbocycles. The summed E-state index contributed by atoms with van der Waals surface area (Å²) in [6.45, 7) is 1.60. The molecule has 3 atom stereocenters. The first-order valence-corrected chi connectivity index (χ1v) is 5.27. The van der Waals surface area contributed by atoms with E-state index in [4.69, 9.17) is 15.6 Å². The summed E-state index contributed by atoms with van der Waals surface area (Å²) in [5, 5.41) is 18.8. The average Bonchev–Trinajstić information content (AvgIpc) is 2.36. The number of benzene rings is 1. The van der Waals surface area contributed by atoms with Gasteiger partial charge in [-0.15, -0.1) is 0 Å². The van der Waals surface area contributed by atoms with E-state index in [1.54, 1.807) is 38.3 Å². The number of hydrogen-bond acceptors (Lipinski definition) is 4. The van der Waals surface area contributed by atoms with Crippen LogP contribution in [0.25, 0.3) is 0 Å². The van der Waals surface area contributed by atoms with E-state index in [-0.39, 0.29) is 0 Å². The Labute approximate surface area is 99.8 Å². The standard InChI is InChI=1S/C12H17NO4/c1-7(10(13)12(15)16)11(14)8-3-5-9(17-2)6-4-8/h3-7,10-11,14H,13H2,1-2H3,(H,15,16). The quantitative estimate of drug-likeness (QED) is 0.706. The Morgan fingerprint density at radius 3 is 2.29 bits per heavy atom. The van der Waals surface area contributed by atoms with Gasteiger partial charge in [-0.2, -0.15) is 0 Å². The van der Waals surface area contributed by atoms with E-state index in [2.05, 4.69) is 0 Å². The lowest BCUT2D eigenvalue weighted by atomic mass is 9.91. The highest BCUT2D eigenvalue weighted by molar-refractivity contribution is 5.73. The van der Waals surface area contributed by atoms with Crippen molar-refractivity contribution in [1.29, 1.82) is 0 Å². The molecule has 1 aromatic carbocycles. The van der Waals surface area contributed by atoms with E-state index in [9.17, 15) is 9.90 Å². The second kappa shape index (κ2) is 5.65. The average molecular weight is 239 g/mol. The smallest absolute Gasteiger partial charge is 0.320 e. The fraction of sp³-hybridized carbons (Fsp3) is 0.417. The summed E-state index contributed by atoms with van der Waals surface area (Å²) < 4.78 is 4.99. The summed E-state index contributed by atoms with van der Waals surface area (Å²) in [6, 6.07) is 5.70. The molecule has 0 aliphatic rings. The maximum atomic E-state index is 10.7. The summed E-state index contributed by atoms with van der Waals surface area (Å²) in [7, 11) is 1.55. The van der Waals surface area contributed by atoms with Crippen LogP contribution < -0.4 is 10.5 Å². The van der Waals surface area contributed by atoms with Gasteiger partial charge in [0.15, 0.2) is 0 Å². The molecule has 0 aliphatic heterocycles. The van der Waals surface area contributed by atoms with Crippen LogP contribution in [0.5, 0.6) is 5.75 Å². The summed E-state index contributed by atoms with van der Waals surface area (Å²) >= 11 is 0. The van der Waals surface area contributed by atoms with E-state index in [1.165, 1.54) is 0 Å². The first-order valence-electron chi connectivity index (χ1n) is 5.27. The van der Waals surface area contributed by atoms with Crippen LogP contribution in [0.1, 0.15) is 18.6 Å². The minimum absolute atomic E-state index is 0.569. The van der Waals surface area contributed by atoms with Gasteiger partial charge in [0.25, 0.3) is 0 Å². The SMILES string of the molecule is COc1ccc(C(O)C(C)C(N)C(=O)O)cc1. The Kier molecular flexibility index (Phi) is 4.48. The van der Waals surface area contributed by atoms with Gasteiger partial charge in [-0.05, 0) is 17.7 Å². The van der Waals surface area contributed by atoms with Crippen LogP contribution in [-0.4, -0.2) is 29.3 Å². The minimum Gasteiger partial charge on any atom is -0.497 e. The number of hydrogen-bond donors (Lipinski definition) is 3. The third-order valence-corrected chi connectivity index (χ3v) is 2.81. The summed E-state index contributed by atoms with van der Waals surface area (Å²) in [4.78, 5) is 10.7. The lowest BCUT2D eigenvalue weighted by Crippen LogP contribution is -2.39. The van der Waals surface area contributed by atoms with Crippen LogP contribution in [0.15, 0.2) is 24.3 Å². The van der Waals surface area contributed by atoms with Gasteiger partial charge >= 0.3 is 5.97 Å². The zero-order valence-electron chi connectivity index (χ0n) is 9.83. The monoisotopic (exact) mass is 239 g/mol. The number of aliphatic carboxylic acids is 1. The number of rotatable bonds is 5. The van der Waals surface area contributed by atoms with Crippen LogP contribution >= 0.6 is 0 Å². The molecule has 0 spiro atoms. The number of carbonyl (C=O) groups is 1. The molecule has 0 amide bonds. The third-order valence-electron chi connectivity index (χ3n) is 2.81. The maximum absolute atomic E-state index is 10.7. The lowest BCUT2D eigenvalue weighted by molar-refractivity contribution is -0.140. The Morgan fingerprint density at radius 1 is 1.35 bits per heavy atom. The van der Waals surface area contributed by atoms with Crippen molar-refractivity contribution >= 4 is 5.97 Å². The molecule has 0 saturated carbocycles. The number of ether oxygens (including phenoxy) is 1. The van der Waals surface area contributed by atoms with Crippen molar-refractivity contribution in [2.24, 2.45) is 11.7 Å². The van der Waals surface area contributed by atoms with Crippen molar-refractivity contribution in [1.82, 2.24) is 0 Å². The first kappa shape index (κ1) is 13.5. The van der Waals surface area contributed by atoms with Crippen LogP contribution in [0.3, 0.4) is 0 Å². The van der Waals surface area contributed by atoms with Gasteiger partial charge in [0.2, 0.25) is 0 Å². The van der Waals surface area contributed by atoms with Crippen LogP contribution in [0, 0.1) is 5.92 Å². The van der Waals surface area contributed by atoms with Gasteiger partial charge in [-0.1, -0.05) is 19.1 Å². The van der Waals surface area contributed by atoms with E-state index in [1.807, 2.05) is 0 Å². The molecule has 0 heterocycles. The molecule has 0 fully saturated rings. The van der Waals surface area contributed by atoms with Gasteiger partial charge in [-0.3, -0.25) is 4.79 Å². The molecule has 0 aromatic heterocycles. The van der Waals surface area contributed by atoms with Crippen LogP contribution in [0.2, 0.25) is 0 Å². The molecule has 1 aromatic rings. The predicted octanol–water partition coefficient (Wildman–Crippen LogP) is 0.777.